The molecule has 0 radical (unpaired) electrons. The summed E-state index contributed by atoms with van der Waals surface area (Å²) in [4.78, 5) is 12.9. The summed E-state index contributed by atoms with van der Waals surface area (Å²) in [6.07, 6.45) is 4.45. The number of carboxylic acids is 1. The molecule has 2 aromatic rings. The van der Waals surface area contributed by atoms with E-state index >= 15 is 0 Å². The summed E-state index contributed by atoms with van der Waals surface area (Å²) in [7, 11) is 0. The Morgan fingerprint density at radius 3 is 3.00 bits per heavy atom. The predicted molar refractivity (Wildman–Crippen MR) is 58.8 cm³/mol. The fraction of sp³-hybridized carbons (Fsp3) is 0.500. The van der Waals surface area contributed by atoms with Crippen molar-refractivity contribution in [1.29, 1.82) is 0 Å². The van der Waals surface area contributed by atoms with Crippen LogP contribution in [0.2, 0.25) is 0 Å². The lowest BCUT2D eigenvalue weighted by Crippen LogP contribution is -2.09. The fourth-order valence-electron chi connectivity index (χ4n) is 2.21. The highest BCUT2D eigenvalue weighted by atomic mass is 32.1. The van der Waals surface area contributed by atoms with E-state index in [-0.39, 0.29) is 6.42 Å². The number of fused-ring (bicyclic) bond motifs is 3. The Morgan fingerprint density at radius 2 is 2.19 bits per heavy atom. The number of thiazole rings is 1. The molecule has 0 saturated heterocycles. The number of hydrogen-bond acceptors (Lipinski definition) is 4. The lowest BCUT2D eigenvalue weighted by molar-refractivity contribution is -0.136. The van der Waals surface area contributed by atoms with Gasteiger partial charge in [-0.3, -0.25) is 9.20 Å². The van der Waals surface area contributed by atoms with Crippen molar-refractivity contribution in [1.82, 2.24) is 14.6 Å². The zero-order valence-corrected chi connectivity index (χ0v) is 9.46. The number of hydrogen-bond donors (Lipinski definition) is 1. The Hall–Kier alpha value is -1.43. The average molecular weight is 237 g/mol. The molecule has 3 rings (SSSR count). The van der Waals surface area contributed by atoms with Crippen LogP contribution >= 0.6 is 11.3 Å². The third kappa shape index (κ3) is 1.41. The maximum atomic E-state index is 10.7. The Kier molecular flexibility index (Phi) is 2.17. The Balaban J connectivity index is 2.16. The van der Waals surface area contributed by atoms with Crippen LogP contribution in [0.3, 0.4) is 0 Å². The number of aliphatic carboxylic acids is 1. The van der Waals surface area contributed by atoms with Crippen LogP contribution in [0.15, 0.2) is 0 Å². The summed E-state index contributed by atoms with van der Waals surface area (Å²) in [6, 6.07) is 0. The van der Waals surface area contributed by atoms with Gasteiger partial charge in [-0.15, -0.1) is 10.2 Å². The molecule has 84 valence electrons. The lowest BCUT2D eigenvalue weighted by atomic mass is 10.0. The Labute approximate surface area is 95.7 Å². The first-order valence-corrected chi connectivity index (χ1v) is 6.13. The number of aromatic nitrogens is 3. The second kappa shape index (κ2) is 3.55. The minimum absolute atomic E-state index is 0.0513. The third-order valence-electron chi connectivity index (χ3n) is 2.88. The standard InChI is InChI=1S/C10H11N3O2S/c14-9(15)5-8-11-12-10-13(8)6-3-1-2-4-7(6)16-10/h1-5H2,(H,14,15). The van der Waals surface area contributed by atoms with Crippen molar-refractivity contribution in [3.63, 3.8) is 0 Å². The minimum Gasteiger partial charge on any atom is -0.481 e. The van der Waals surface area contributed by atoms with Gasteiger partial charge >= 0.3 is 5.97 Å². The van der Waals surface area contributed by atoms with Gasteiger partial charge in [-0.05, 0) is 25.7 Å². The van der Waals surface area contributed by atoms with E-state index in [0.717, 1.165) is 17.8 Å². The first kappa shape index (κ1) is 9.77. The first-order chi connectivity index (χ1) is 7.75. The van der Waals surface area contributed by atoms with Gasteiger partial charge < -0.3 is 5.11 Å². The van der Waals surface area contributed by atoms with Gasteiger partial charge in [0.1, 0.15) is 12.2 Å². The van der Waals surface area contributed by atoms with Crippen LogP contribution in [0.1, 0.15) is 29.2 Å². The highest BCUT2D eigenvalue weighted by molar-refractivity contribution is 7.17. The van der Waals surface area contributed by atoms with Gasteiger partial charge in [0.25, 0.3) is 0 Å². The maximum absolute atomic E-state index is 10.7. The van der Waals surface area contributed by atoms with Gasteiger partial charge in [0, 0.05) is 10.6 Å². The third-order valence-corrected chi connectivity index (χ3v) is 4.02. The largest absolute Gasteiger partial charge is 0.481 e. The molecule has 0 fully saturated rings. The van der Waals surface area contributed by atoms with Crippen molar-refractivity contribution < 1.29 is 9.90 Å². The summed E-state index contributed by atoms with van der Waals surface area (Å²) < 4.78 is 1.94. The lowest BCUT2D eigenvalue weighted by Gasteiger charge is -2.10. The molecule has 6 heteroatoms. The second-order valence-corrected chi connectivity index (χ2v) is 5.05. The van der Waals surface area contributed by atoms with Gasteiger partial charge in [0.2, 0.25) is 4.96 Å². The molecule has 0 unspecified atom stereocenters. The van der Waals surface area contributed by atoms with Crippen LogP contribution in [-0.4, -0.2) is 25.7 Å². The Morgan fingerprint density at radius 1 is 1.38 bits per heavy atom. The number of carbonyl (C=O) groups is 1. The van der Waals surface area contributed by atoms with Crippen LogP contribution in [0.5, 0.6) is 0 Å². The van der Waals surface area contributed by atoms with E-state index in [4.69, 9.17) is 5.11 Å². The molecule has 1 N–H and O–H groups in total. The van der Waals surface area contributed by atoms with Crippen molar-refractivity contribution in [2.45, 2.75) is 32.1 Å². The molecule has 0 spiro atoms. The summed E-state index contributed by atoms with van der Waals surface area (Å²) in [5.74, 6) is -0.299. The number of aryl methyl sites for hydroxylation is 2. The summed E-state index contributed by atoms with van der Waals surface area (Å²) in [5.41, 5.74) is 1.23. The van der Waals surface area contributed by atoms with Gasteiger partial charge in [0.05, 0.1) is 0 Å². The molecule has 0 atom stereocenters. The molecule has 0 aliphatic heterocycles. The van der Waals surface area contributed by atoms with Crippen molar-refractivity contribution in [2.24, 2.45) is 0 Å². The monoisotopic (exact) mass is 237 g/mol. The first-order valence-electron chi connectivity index (χ1n) is 5.32. The zero-order chi connectivity index (χ0) is 11.1. The van der Waals surface area contributed by atoms with Crippen molar-refractivity contribution >= 4 is 22.3 Å². The summed E-state index contributed by atoms with van der Waals surface area (Å²) in [6.45, 7) is 0. The van der Waals surface area contributed by atoms with Crippen LogP contribution in [0.4, 0.5) is 0 Å². The maximum Gasteiger partial charge on any atom is 0.311 e. The molecule has 1 aliphatic carbocycles. The van der Waals surface area contributed by atoms with E-state index in [0.29, 0.717) is 5.82 Å². The highest BCUT2D eigenvalue weighted by Gasteiger charge is 2.20. The minimum atomic E-state index is -0.856. The topological polar surface area (TPSA) is 67.5 Å². The van der Waals surface area contributed by atoms with E-state index in [1.165, 1.54) is 23.4 Å². The SMILES string of the molecule is O=C(O)Cc1nnc2sc3c(n12)CCCC3. The predicted octanol–water partition coefficient (Wildman–Crippen LogP) is 1.30. The summed E-state index contributed by atoms with van der Waals surface area (Å²) >= 11 is 1.64. The molecule has 2 heterocycles. The van der Waals surface area contributed by atoms with E-state index < -0.39 is 5.97 Å². The van der Waals surface area contributed by atoms with E-state index in [2.05, 4.69) is 10.2 Å². The molecule has 0 aromatic carbocycles. The molecular weight excluding hydrogens is 226 g/mol. The normalized spacial score (nSPS) is 15.2. The number of rotatable bonds is 2. The van der Waals surface area contributed by atoms with Crippen LogP contribution in [0, 0.1) is 0 Å². The van der Waals surface area contributed by atoms with E-state index in [1.54, 1.807) is 11.3 Å². The summed E-state index contributed by atoms with van der Waals surface area (Å²) in [5, 5.41) is 16.8. The molecule has 0 saturated carbocycles. The molecule has 0 bridgehead atoms. The van der Waals surface area contributed by atoms with Gasteiger partial charge in [0.15, 0.2) is 0 Å². The van der Waals surface area contributed by atoms with Crippen molar-refractivity contribution in [2.75, 3.05) is 0 Å². The Bertz CT molecular complexity index is 558. The van der Waals surface area contributed by atoms with Gasteiger partial charge in [-0.25, -0.2) is 0 Å². The molecule has 16 heavy (non-hydrogen) atoms. The zero-order valence-electron chi connectivity index (χ0n) is 8.64. The second-order valence-electron chi connectivity index (χ2n) is 3.98. The molecular formula is C10H11N3O2S. The quantitative estimate of drug-likeness (QED) is 0.854. The van der Waals surface area contributed by atoms with Crippen LogP contribution < -0.4 is 0 Å². The number of carboxylic acid groups (broad SMARTS) is 1. The molecule has 2 aromatic heterocycles. The van der Waals surface area contributed by atoms with E-state index in [1.807, 2.05) is 4.40 Å². The van der Waals surface area contributed by atoms with Crippen molar-refractivity contribution in [3.8, 4) is 0 Å². The molecule has 5 nitrogen and oxygen atoms in total. The average Bonchev–Trinajstić information content (AvgIpc) is 2.77. The van der Waals surface area contributed by atoms with Crippen LogP contribution in [-0.2, 0) is 24.1 Å². The van der Waals surface area contributed by atoms with Crippen molar-refractivity contribution in [3.05, 3.63) is 16.4 Å². The fourth-order valence-corrected chi connectivity index (χ4v) is 3.37. The highest BCUT2D eigenvalue weighted by Crippen LogP contribution is 2.30. The molecule has 1 aliphatic rings. The van der Waals surface area contributed by atoms with Gasteiger partial charge in [-0.1, -0.05) is 11.3 Å². The van der Waals surface area contributed by atoms with Gasteiger partial charge in [-0.2, -0.15) is 0 Å². The molecule has 0 amide bonds. The van der Waals surface area contributed by atoms with E-state index in [9.17, 15) is 4.79 Å². The van der Waals surface area contributed by atoms with Crippen LogP contribution in [0.25, 0.3) is 4.96 Å². The smallest absolute Gasteiger partial charge is 0.311 e. The number of nitrogens with zero attached hydrogens (tertiary/aromatic N) is 3.